The predicted octanol–water partition coefficient (Wildman–Crippen LogP) is 16.8. The maximum Gasteiger partial charge on any atom is 0.0725 e. The van der Waals surface area contributed by atoms with Gasteiger partial charge in [-0.05, 0) is 143 Å². The van der Waals surface area contributed by atoms with Crippen molar-refractivity contribution < 1.29 is 0 Å². The first-order valence-electron chi connectivity index (χ1n) is 22.8. The lowest BCUT2D eigenvalue weighted by atomic mass is 9.70. The lowest BCUT2D eigenvalue weighted by Gasteiger charge is -2.31. The Bertz CT molecular complexity index is 3510. The maximum atomic E-state index is 2.47. The van der Waals surface area contributed by atoms with Gasteiger partial charge in [0.25, 0.3) is 0 Å². The van der Waals surface area contributed by atoms with Gasteiger partial charge < -0.3 is 4.90 Å². The van der Waals surface area contributed by atoms with Crippen molar-refractivity contribution in [1.29, 1.82) is 0 Å². The van der Waals surface area contributed by atoms with E-state index in [-0.39, 0.29) is 5.41 Å². The molecule has 306 valence electrons. The summed E-state index contributed by atoms with van der Waals surface area (Å²) >= 11 is 0. The molecule has 0 N–H and O–H groups in total. The standard InChI is InChI=1S/C64H45N/c1-63(2)56-27-12-9-23-51(56)53-38-36-49(41-60(53)63)65(47-34-31-44(32-35-47)42-17-5-3-6-18-42)48-22-15-21-46(39-48)50-26-16-30-59-62(50)55-25-11-14-29-58(55)64(59)57-28-13-10-24-52(57)54-37-33-45(40-61(54)64)43-19-7-4-8-20-43/h3-41H,1-2H3. The van der Waals surface area contributed by atoms with E-state index in [2.05, 4.69) is 255 Å². The monoisotopic (exact) mass is 827 g/mol. The van der Waals surface area contributed by atoms with Gasteiger partial charge >= 0.3 is 0 Å². The highest BCUT2D eigenvalue weighted by Crippen LogP contribution is 2.64. The second kappa shape index (κ2) is 14.3. The molecule has 1 atom stereocenters. The van der Waals surface area contributed by atoms with Gasteiger partial charge in [0.05, 0.1) is 5.41 Å². The molecule has 0 saturated carbocycles. The van der Waals surface area contributed by atoms with Crippen LogP contribution in [0.25, 0.3) is 66.8 Å². The van der Waals surface area contributed by atoms with Crippen LogP contribution in [0, 0.1) is 0 Å². The molecule has 0 aromatic heterocycles. The molecule has 1 heteroatoms. The Morgan fingerprint density at radius 3 is 1.46 bits per heavy atom. The van der Waals surface area contributed by atoms with Crippen molar-refractivity contribution in [2.24, 2.45) is 0 Å². The van der Waals surface area contributed by atoms with Crippen molar-refractivity contribution in [2.45, 2.75) is 24.7 Å². The summed E-state index contributed by atoms with van der Waals surface area (Å²) in [7, 11) is 0. The topological polar surface area (TPSA) is 3.24 Å². The largest absolute Gasteiger partial charge is 0.310 e. The highest BCUT2D eigenvalue weighted by molar-refractivity contribution is 6.01. The molecule has 0 bridgehead atoms. The molecule has 0 amide bonds. The fourth-order valence-corrected chi connectivity index (χ4v) is 11.8. The van der Waals surface area contributed by atoms with Crippen LogP contribution in [0.4, 0.5) is 17.1 Å². The van der Waals surface area contributed by atoms with Crippen molar-refractivity contribution in [3.05, 3.63) is 270 Å². The van der Waals surface area contributed by atoms with E-state index < -0.39 is 5.41 Å². The van der Waals surface area contributed by atoms with Gasteiger partial charge in [-0.15, -0.1) is 0 Å². The van der Waals surface area contributed by atoms with E-state index in [0.717, 1.165) is 17.1 Å². The molecule has 65 heavy (non-hydrogen) atoms. The zero-order valence-corrected chi connectivity index (χ0v) is 36.5. The maximum absolute atomic E-state index is 2.47. The van der Waals surface area contributed by atoms with Crippen LogP contribution in [0.5, 0.6) is 0 Å². The van der Waals surface area contributed by atoms with Gasteiger partial charge in [0.1, 0.15) is 0 Å². The van der Waals surface area contributed by atoms with Crippen LogP contribution in [-0.2, 0) is 10.8 Å². The van der Waals surface area contributed by atoms with Gasteiger partial charge in [-0.25, -0.2) is 0 Å². The Morgan fingerprint density at radius 1 is 0.262 bits per heavy atom. The third kappa shape index (κ3) is 5.46. The lowest BCUT2D eigenvalue weighted by Crippen LogP contribution is -2.25. The summed E-state index contributed by atoms with van der Waals surface area (Å²) in [5, 5.41) is 0. The minimum absolute atomic E-state index is 0.125. The van der Waals surface area contributed by atoms with Crippen molar-refractivity contribution >= 4 is 17.1 Å². The van der Waals surface area contributed by atoms with E-state index in [1.54, 1.807) is 0 Å². The van der Waals surface area contributed by atoms with Crippen molar-refractivity contribution in [3.63, 3.8) is 0 Å². The molecule has 1 spiro atoms. The van der Waals surface area contributed by atoms with Crippen molar-refractivity contribution in [3.8, 4) is 66.8 Å². The van der Waals surface area contributed by atoms with Gasteiger partial charge in [-0.2, -0.15) is 0 Å². The average Bonchev–Trinajstić information content (AvgIpc) is 3.93. The summed E-state index contributed by atoms with van der Waals surface area (Å²) in [6.07, 6.45) is 0. The second-order valence-corrected chi connectivity index (χ2v) is 18.4. The summed E-state index contributed by atoms with van der Waals surface area (Å²) in [5.74, 6) is 0. The minimum atomic E-state index is -0.461. The lowest BCUT2D eigenvalue weighted by molar-refractivity contribution is 0.660. The number of rotatable bonds is 6. The molecule has 10 aromatic rings. The quantitative estimate of drug-likeness (QED) is 0.161. The molecule has 3 aliphatic carbocycles. The van der Waals surface area contributed by atoms with Crippen LogP contribution in [0.1, 0.15) is 47.2 Å². The normalized spacial score (nSPS) is 15.4. The number of anilines is 3. The Hall–Kier alpha value is -8.00. The zero-order chi connectivity index (χ0) is 43.3. The molecule has 3 aliphatic rings. The first-order valence-corrected chi connectivity index (χ1v) is 22.8. The molecular weight excluding hydrogens is 783 g/mol. The van der Waals surface area contributed by atoms with Gasteiger partial charge in [0, 0.05) is 22.5 Å². The second-order valence-electron chi connectivity index (χ2n) is 18.4. The Labute approximate surface area is 381 Å². The molecule has 0 aliphatic heterocycles. The fraction of sp³-hybridized carbons (Fsp3) is 0.0625. The number of fused-ring (bicyclic) bond motifs is 13. The first-order chi connectivity index (χ1) is 32.0. The summed E-state index contributed by atoms with van der Waals surface area (Å²) in [4.78, 5) is 2.45. The van der Waals surface area contributed by atoms with Gasteiger partial charge in [0.15, 0.2) is 0 Å². The fourth-order valence-electron chi connectivity index (χ4n) is 11.8. The van der Waals surface area contributed by atoms with Crippen molar-refractivity contribution in [1.82, 2.24) is 0 Å². The molecule has 1 nitrogen and oxygen atoms in total. The van der Waals surface area contributed by atoms with E-state index in [9.17, 15) is 0 Å². The zero-order valence-electron chi connectivity index (χ0n) is 36.5. The molecule has 1 unspecified atom stereocenters. The highest BCUT2D eigenvalue weighted by Gasteiger charge is 2.52. The van der Waals surface area contributed by atoms with Crippen LogP contribution in [-0.4, -0.2) is 0 Å². The van der Waals surface area contributed by atoms with Crippen LogP contribution in [0.2, 0.25) is 0 Å². The Morgan fingerprint density at radius 2 is 0.723 bits per heavy atom. The van der Waals surface area contributed by atoms with E-state index in [1.165, 1.54) is 100 Å². The number of hydrogen-bond acceptors (Lipinski definition) is 1. The van der Waals surface area contributed by atoms with Gasteiger partial charge in [-0.3, -0.25) is 0 Å². The van der Waals surface area contributed by atoms with E-state index in [0.29, 0.717) is 0 Å². The van der Waals surface area contributed by atoms with E-state index >= 15 is 0 Å². The summed E-state index contributed by atoms with van der Waals surface area (Å²) in [5.41, 5.74) is 26.1. The third-order valence-electron chi connectivity index (χ3n) is 14.7. The Kier molecular flexibility index (Phi) is 8.24. The summed E-state index contributed by atoms with van der Waals surface area (Å²) in [6, 6.07) is 88.2. The third-order valence-corrected chi connectivity index (χ3v) is 14.7. The minimum Gasteiger partial charge on any atom is -0.310 e. The van der Waals surface area contributed by atoms with Gasteiger partial charge in [0.2, 0.25) is 0 Å². The Balaban J connectivity index is 1.000. The smallest absolute Gasteiger partial charge is 0.0725 e. The number of hydrogen-bond donors (Lipinski definition) is 0. The molecule has 10 aromatic carbocycles. The molecule has 0 saturated heterocycles. The molecular formula is C64H45N. The van der Waals surface area contributed by atoms with Crippen LogP contribution in [0.3, 0.4) is 0 Å². The van der Waals surface area contributed by atoms with Gasteiger partial charge in [-0.1, -0.05) is 208 Å². The molecule has 0 fully saturated rings. The average molecular weight is 828 g/mol. The summed E-state index contributed by atoms with van der Waals surface area (Å²) in [6.45, 7) is 4.73. The number of benzene rings is 10. The molecule has 0 radical (unpaired) electrons. The van der Waals surface area contributed by atoms with Crippen LogP contribution >= 0.6 is 0 Å². The molecule has 13 rings (SSSR count). The predicted molar refractivity (Wildman–Crippen MR) is 271 cm³/mol. The van der Waals surface area contributed by atoms with Crippen LogP contribution < -0.4 is 4.90 Å². The van der Waals surface area contributed by atoms with Crippen molar-refractivity contribution in [2.75, 3.05) is 4.90 Å². The van der Waals surface area contributed by atoms with Crippen LogP contribution in [0.15, 0.2) is 237 Å². The molecule has 0 heterocycles. The first kappa shape index (κ1) is 37.5. The van der Waals surface area contributed by atoms with E-state index in [1.807, 2.05) is 0 Å². The van der Waals surface area contributed by atoms with E-state index in [4.69, 9.17) is 0 Å². The summed E-state index contributed by atoms with van der Waals surface area (Å²) < 4.78 is 0. The highest BCUT2D eigenvalue weighted by atomic mass is 15.1. The number of nitrogens with zero attached hydrogens (tertiary/aromatic N) is 1. The SMILES string of the molecule is CC1(C)c2ccccc2-c2ccc(N(c3ccc(-c4ccccc4)cc3)c3cccc(-c4cccc5c4-c4ccccc4C54c5ccccc5-c5ccc(-c6ccccc6)cc54)c3)cc21.